The highest BCUT2D eigenvalue weighted by Crippen LogP contribution is 2.12. The van der Waals surface area contributed by atoms with Gasteiger partial charge in [-0.2, -0.15) is 0 Å². The molecule has 1 fully saturated rings. The number of aromatic nitrogens is 3. The molecular weight excluding hydrogens is 260 g/mol. The fraction of sp³-hybridized carbons (Fsp3) is 0.385. The van der Waals surface area contributed by atoms with E-state index in [0.717, 1.165) is 37.8 Å². The maximum atomic E-state index is 5.56. The number of rotatable bonds is 2. The van der Waals surface area contributed by atoms with Crippen molar-refractivity contribution in [2.75, 3.05) is 31.3 Å². The van der Waals surface area contributed by atoms with E-state index in [1.807, 2.05) is 46.6 Å². The first-order valence-corrected chi connectivity index (χ1v) is 6.75. The van der Waals surface area contributed by atoms with Crippen LogP contribution in [0.15, 0.2) is 30.3 Å². The van der Waals surface area contributed by atoms with E-state index in [0.29, 0.717) is 4.77 Å². The predicted molar refractivity (Wildman–Crippen MR) is 75.9 cm³/mol. The molecule has 0 spiro atoms. The summed E-state index contributed by atoms with van der Waals surface area (Å²) in [5, 5.41) is 6.68. The van der Waals surface area contributed by atoms with Gasteiger partial charge in [0.1, 0.15) is 5.82 Å². The third kappa shape index (κ3) is 2.29. The third-order valence-corrected chi connectivity index (χ3v) is 3.54. The summed E-state index contributed by atoms with van der Waals surface area (Å²) < 4.78 is 8.05. The molecule has 0 radical (unpaired) electrons. The molecule has 0 atom stereocenters. The Kier molecular flexibility index (Phi) is 3.35. The molecule has 0 N–H and O–H groups in total. The summed E-state index contributed by atoms with van der Waals surface area (Å²) in [4.78, 5) is 1.82. The smallest absolute Gasteiger partial charge is 0.224 e. The molecule has 0 aliphatic carbocycles. The van der Waals surface area contributed by atoms with Gasteiger partial charge in [0, 0.05) is 5.69 Å². The molecule has 6 heteroatoms. The van der Waals surface area contributed by atoms with Crippen LogP contribution in [0, 0.1) is 11.7 Å². The summed E-state index contributed by atoms with van der Waals surface area (Å²) >= 11 is 5.56. The molecule has 19 heavy (non-hydrogen) atoms. The van der Waals surface area contributed by atoms with Crippen molar-refractivity contribution < 1.29 is 4.74 Å². The SMILES string of the molecule is Cc1nn(N2CCOCC2)c(=S)n1-c1ccccc1. The van der Waals surface area contributed by atoms with E-state index in [4.69, 9.17) is 17.0 Å². The second kappa shape index (κ2) is 5.14. The standard InChI is InChI=1S/C13H16N4OS/c1-11-14-17(15-7-9-18-10-8-15)13(19)16(11)12-5-3-2-4-6-12/h2-6H,7-10H2,1H3. The van der Waals surface area contributed by atoms with Gasteiger partial charge in [0.05, 0.1) is 26.3 Å². The van der Waals surface area contributed by atoms with E-state index >= 15 is 0 Å². The van der Waals surface area contributed by atoms with Crippen molar-refractivity contribution in [1.82, 2.24) is 14.5 Å². The molecule has 100 valence electrons. The number of nitrogens with zero attached hydrogens (tertiary/aromatic N) is 4. The topological polar surface area (TPSA) is 35.2 Å². The van der Waals surface area contributed by atoms with Crippen molar-refractivity contribution in [2.24, 2.45) is 0 Å². The van der Waals surface area contributed by atoms with Gasteiger partial charge in [-0.15, -0.1) is 9.89 Å². The van der Waals surface area contributed by atoms with Crippen molar-refractivity contribution >= 4 is 12.2 Å². The van der Waals surface area contributed by atoms with Gasteiger partial charge in [0.2, 0.25) is 4.77 Å². The number of hydrogen-bond donors (Lipinski definition) is 0. The van der Waals surface area contributed by atoms with Crippen molar-refractivity contribution in [1.29, 1.82) is 0 Å². The first kappa shape index (κ1) is 12.4. The van der Waals surface area contributed by atoms with Crippen LogP contribution in [0.5, 0.6) is 0 Å². The van der Waals surface area contributed by atoms with Crippen molar-refractivity contribution in [3.8, 4) is 5.69 Å². The Balaban J connectivity index is 2.03. The summed E-state index contributed by atoms with van der Waals surface area (Å²) in [5.74, 6) is 0.891. The lowest BCUT2D eigenvalue weighted by molar-refractivity contribution is 0.108. The summed E-state index contributed by atoms with van der Waals surface area (Å²) in [6.07, 6.45) is 0. The second-order valence-corrected chi connectivity index (χ2v) is 4.82. The Morgan fingerprint density at radius 1 is 1.16 bits per heavy atom. The highest BCUT2D eigenvalue weighted by Gasteiger charge is 2.16. The fourth-order valence-electron chi connectivity index (χ4n) is 2.25. The summed E-state index contributed by atoms with van der Waals surface area (Å²) in [7, 11) is 0. The molecule has 0 unspecified atom stereocenters. The average Bonchev–Trinajstić information content (AvgIpc) is 2.76. The van der Waals surface area contributed by atoms with Crippen LogP contribution < -0.4 is 5.01 Å². The molecule has 0 bridgehead atoms. The Bertz CT molecular complexity index is 613. The predicted octanol–water partition coefficient (Wildman–Crippen LogP) is 1.68. The van der Waals surface area contributed by atoms with Gasteiger partial charge in [0.25, 0.3) is 0 Å². The van der Waals surface area contributed by atoms with Crippen molar-refractivity contribution in [2.45, 2.75) is 6.92 Å². The maximum Gasteiger partial charge on any atom is 0.224 e. The quantitative estimate of drug-likeness (QED) is 0.782. The second-order valence-electron chi connectivity index (χ2n) is 4.46. The Morgan fingerprint density at radius 2 is 1.84 bits per heavy atom. The van der Waals surface area contributed by atoms with Crippen LogP contribution in [0.1, 0.15) is 5.82 Å². The zero-order valence-corrected chi connectivity index (χ0v) is 11.6. The van der Waals surface area contributed by atoms with Crippen LogP contribution in [-0.2, 0) is 4.74 Å². The van der Waals surface area contributed by atoms with E-state index < -0.39 is 0 Å². The van der Waals surface area contributed by atoms with Crippen LogP contribution in [0.4, 0.5) is 0 Å². The largest absolute Gasteiger partial charge is 0.378 e. The van der Waals surface area contributed by atoms with E-state index in [9.17, 15) is 0 Å². The molecule has 1 aliphatic heterocycles. The van der Waals surface area contributed by atoms with Crippen LogP contribution in [0.2, 0.25) is 0 Å². The number of aryl methyl sites for hydroxylation is 1. The highest BCUT2D eigenvalue weighted by atomic mass is 32.1. The first-order chi connectivity index (χ1) is 9.27. The van der Waals surface area contributed by atoms with E-state index in [2.05, 4.69) is 10.1 Å². The monoisotopic (exact) mass is 276 g/mol. The van der Waals surface area contributed by atoms with Gasteiger partial charge >= 0.3 is 0 Å². The number of para-hydroxylation sites is 1. The minimum Gasteiger partial charge on any atom is -0.378 e. The zero-order valence-electron chi connectivity index (χ0n) is 10.8. The summed E-state index contributed by atoms with van der Waals surface area (Å²) in [6.45, 7) is 5.05. The number of ether oxygens (including phenoxy) is 1. The molecular formula is C13H16N4OS. The molecule has 2 heterocycles. The van der Waals surface area contributed by atoms with Gasteiger partial charge in [-0.1, -0.05) is 18.2 Å². The van der Waals surface area contributed by atoms with Crippen LogP contribution in [-0.4, -0.2) is 40.8 Å². The lowest BCUT2D eigenvalue weighted by Gasteiger charge is -2.27. The van der Waals surface area contributed by atoms with E-state index in [-0.39, 0.29) is 0 Å². The Hall–Kier alpha value is -1.66. The molecule has 1 aromatic carbocycles. The Labute approximate surface area is 117 Å². The first-order valence-electron chi connectivity index (χ1n) is 6.34. The Morgan fingerprint density at radius 3 is 2.53 bits per heavy atom. The number of morpholine rings is 1. The molecule has 1 aromatic heterocycles. The minimum absolute atomic E-state index is 0.700. The van der Waals surface area contributed by atoms with Gasteiger partial charge in [-0.3, -0.25) is 9.58 Å². The van der Waals surface area contributed by atoms with Gasteiger partial charge < -0.3 is 4.74 Å². The number of hydrogen-bond acceptors (Lipinski definition) is 4. The van der Waals surface area contributed by atoms with E-state index in [1.165, 1.54) is 0 Å². The molecule has 0 amide bonds. The normalized spacial score (nSPS) is 15.7. The summed E-state index contributed by atoms with van der Waals surface area (Å²) in [5.41, 5.74) is 1.05. The highest BCUT2D eigenvalue weighted by molar-refractivity contribution is 7.71. The molecule has 5 nitrogen and oxygen atoms in total. The van der Waals surface area contributed by atoms with Crippen LogP contribution >= 0.6 is 12.2 Å². The van der Waals surface area contributed by atoms with Gasteiger partial charge in [0.15, 0.2) is 0 Å². The van der Waals surface area contributed by atoms with Crippen molar-refractivity contribution in [3.63, 3.8) is 0 Å². The zero-order chi connectivity index (χ0) is 13.2. The third-order valence-electron chi connectivity index (χ3n) is 3.20. The molecule has 2 aromatic rings. The number of benzene rings is 1. The molecule has 1 aliphatic rings. The lowest BCUT2D eigenvalue weighted by atomic mass is 10.3. The lowest BCUT2D eigenvalue weighted by Crippen LogP contribution is -2.44. The fourth-order valence-corrected chi connectivity index (χ4v) is 2.65. The van der Waals surface area contributed by atoms with Gasteiger partial charge in [-0.05, 0) is 31.3 Å². The van der Waals surface area contributed by atoms with Crippen molar-refractivity contribution in [3.05, 3.63) is 40.9 Å². The van der Waals surface area contributed by atoms with Crippen LogP contribution in [0.3, 0.4) is 0 Å². The average molecular weight is 276 g/mol. The molecule has 0 saturated carbocycles. The molecule has 3 rings (SSSR count). The van der Waals surface area contributed by atoms with Crippen LogP contribution in [0.25, 0.3) is 5.69 Å². The summed E-state index contributed by atoms with van der Waals surface area (Å²) in [6, 6.07) is 10.1. The maximum absolute atomic E-state index is 5.56. The molecule has 1 saturated heterocycles. The van der Waals surface area contributed by atoms with Gasteiger partial charge in [-0.25, -0.2) is 0 Å². The van der Waals surface area contributed by atoms with E-state index in [1.54, 1.807) is 0 Å². The minimum atomic E-state index is 0.700.